The molecule has 0 N–H and O–H groups in total. The van der Waals surface area contributed by atoms with Gasteiger partial charge in [-0.15, -0.1) is 11.8 Å². The molecule has 0 aromatic heterocycles. The molecule has 2 heteroatoms. The van der Waals surface area contributed by atoms with E-state index in [1.807, 2.05) is 18.2 Å². The Morgan fingerprint density at radius 2 is 1.58 bits per heavy atom. The molecular formula is C24H22OS. The minimum atomic E-state index is 0.703. The second-order valence-corrected chi connectivity index (χ2v) is 7.20. The maximum absolute atomic E-state index is 11.0. The summed E-state index contributed by atoms with van der Waals surface area (Å²) in [4.78, 5) is 12.3. The lowest BCUT2D eigenvalue weighted by molar-refractivity contribution is 0.112. The highest BCUT2D eigenvalue weighted by atomic mass is 32.2. The highest BCUT2D eigenvalue weighted by Crippen LogP contribution is 2.28. The number of benzene rings is 3. The Hall–Kier alpha value is -2.58. The molecule has 0 heterocycles. The third-order valence-corrected chi connectivity index (χ3v) is 5.40. The molecular weight excluding hydrogens is 336 g/mol. The Bertz CT molecular complexity index is 952. The summed E-state index contributed by atoms with van der Waals surface area (Å²) in [6.07, 6.45) is 7.20. The first kappa shape index (κ1) is 18.2. The Morgan fingerprint density at radius 1 is 0.846 bits per heavy atom. The summed E-state index contributed by atoms with van der Waals surface area (Å²) in [6, 6.07) is 20.8. The monoisotopic (exact) mass is 358 g/mol. The molecule has 0 aliphatic carbocycles. The molecule has 0 aliphatic rings. The number of hydrogen-bond donors (Lipinski definition) is 0. The average molecular weight is 359 g/mol. The second kappa shape index (κ2) is 8.20. The predicted octanol–water partition coefficient (Wildman–Crippen LogP) is 6.68. The van der Waals surface area contributed by atoms with Crippen LogP contribution in [0.25, 0.3) is 23.3 Å². The average Bonchev–Trinajstić information content (AvgIpc) is 2.68. The second-order valence-electron chi connectivity index (χ2n) is 6.32. The fourth-order valence-corrected chi connectivity index (χ4v) is 3.42. The smallest absolute Gasteiger partial charge is 0.150 e. The van der Waals surface area contributed by atoms with Gasteiger partial charge in [0.15, 0.2) is 0 Å². The molecule has 0 saturated heterocycles. The first-order valence-corrected chi connectivity index (χ1v) is 9.83. The standard InChI is InChI=1S/C24H22OS/c1-17-7-8-19(16-25)15-22(17)10-9-20-5-4-6-24(18(20)2)21-11-13-23(26-3)14-12-21/h4-16H,1-3H3/b10-9+. The largest absolute Gasteiger partial charge is 0.298 e. The summed E-state index contributed by atoms with van der Waals surface area (Å²) in [7, 11) is 0. The molecule has 0 bridgehead atoms. The first-order chi connectivity index (χ1) is 12.6. The predicted molar refractivity (Wildman–Crippen MR) is 114 cm³/mol. The van der Waals surface area contributed by atoms with Gasteiger partial charge in [-0.3, -0.25) is 4.79 Å². The van der Waals surface area contributed by atoms with Crippen molar-refractivity contribution in [2.24, 2.45) is 0 Å². The highest BCUT2D eigenvalue weighted by molar-refractivity contribution is 7.98. The summed E-state index contributed by atoms with van der Waals surface area (Å²) in [5.41, 5.74) is 7.86. The zero-order chi connectivity index (χ0) is 18.5. The molecule has 0 amide bonds. The molecule has 1 nitrogen and oxygen atoms in total. The van der Waals surface area contributed by atoms with Gasteiger partial charge in [-0.1, -0.05) is 54.6 Å². The van der Waals surface area contributed by atoms with E-state index < -0.39 is 0 Å². The molecule has 3 rings (SSSR count). The van der Waals surface area contributed by atoms with Crippen molar-refractivity contribution in [3.63, 3.8) is 0 Å². The van der Waals surface area contributed by atoms with Crippen molar-refractivity contribution in [2.75, 3.05) is 6.26 Å². The Balaban J connectivity index is 1.95. The maximum atomic E-state index is 11.0. The lowest BCUT2D eigenvalue weighted by Crippen LogP contribution is -1.88. The van der Waals surface area contributed by atoms with Crippen molar-refractivity contribution in [1.82, 2.24) is 0 Å². The van der Waals surface area contributed by atoms with Crippen molar-refractivity contribution >= 4 is 30.2 Å². The first-order valence-electron chi connectivity index (χ1n) is 8.60. The number of aryl methyl sites for hydroxylation is 1. The van der Waals surface area contributed by atoms with Crippen molar-refractivity contribution < 1.29 is 4.79 Å². The third kappa shape index (κ3) is 3.97. The molecule has 0 radical (unpaired) electrons. The van der Waals surface area contributed by atoms with Crippen molar-refractivity contribution in [3.8, 4) is 11.1 Å². The Labute approximate surface area is 159 Å². The van der Waals surface area contributed by atoms with Crippen LogP contribution in [0.5, 0.6) is 0 Å². The van der Waals surface area contributed by atoms with Gasteiger partial charge in [0.1, 0.15) is 6.29 Å². The van der Waals surface area contributed by atoms with Gasteiger partial charge in [-0.05, 0) is 71.7 Å². The topological polar surface area (TPSA) is 17.1 Å². The van der Waals surface area contributed by atoms with Gasteiger partial charge in [0.2, 0.25) is 0 Å². The molecule has 3 aromatic carbocycles. The summed E-state index contributed by atoms with van der Waals surface area (Å²) >= 11 is 1.75. The van der Waals surface area contributed by atoms with Crippen molar-refractivity contribution in [3.05, 3.63) is 88.5 Å². The highest BCUT2D eigenvalue weighted by Gasteiger charge is 2.05. The van der Waals surface area contributed by atoms with Crippen LogP contribution in [0.3, 0.4) is 0 Å². The van der Waals surface area contributed by atoms with Crippen LogP contribution < -0.4 is 0 Å². The van der Waals surface area contributed by atoms with Crippen LogP contribution in [0, 0.1) is 13.8 Å². The molecule has 3 aromatic rings. The van der Waals surface area contributed by atoms with E-state index in [-0.39, 0.29) is 0 Å². The summed E-state index contributed by atoms with van der Waals surface area (Å²) < 4.78 is 0. The van der Waals surface area contributed by atoms with E-state index in [2.05, 4.69) is 74.7 Å². The van der Waals surface area contributed by atoms with E-state index >= 15 is 0 Å². The lowest BCUT2D eigenvalue weighted by Gasteiger charge is -2.10. The van der Waals surface area contributed by atoms with Gasteiger partial charge >= 0.3 is 0 Å². The Morgan fingerprint density at radius 3 is 2.27 bits per heavy atom. The fraction of sp³-hybridized carbons (Fsp3) is 0.125. The minimum Gasteiger partial charge on any atom is -0.298 e. The van der Waals surface area contributed by atoms with E-state index in [4.69, 9.17) is 0 Å². The number of carbonyl (C=O) groups is 1. The molecule has 0 fully saturated rings. The number of aldehydes is 1. The molecule has 0 atom stereocenters. The van der Waals surface area contributed by atoms with Crippen molar-refractivity contribution in [2.45, 2.75) is 18.7 Å². The third-order valence-electron chi connectivity index (χ3n) is 4.66. The van der Waals surface area contributed by atoms with Crippen LogP contribution in [0.2, 0.25) is 0 Å². The van der Waals surface area contributed by atoms with E-state index in [0.717, 1.165) is 17.4 Å². The van der Waals surface area contributed by atoms with Gasteiger partial charge in [-0.2, -0.15) is 0 Å². The van der Waals surface area contributed by atoms with Crippen LogP contribution in [-0.4, -0.2) is 12.5 Å². The van der Waals surface area contributed by atoms with Gasteiger partial charge in [0.25, 0.3) is 0 Å². The van der Waals surface area contributed by atoms with Gasteiger partial charge in [0, 0.05) is 10.5 Å². The maximum Gasteiger partial charge on any atom is 0.150 e. The quantitative estimate of drug-likeness (QED) is 0.288. The molecule has 0 saturated carbocycles. The van der Waals surface area contributed by atoms with Gasteiger partial charge in [-0.25, -0.2) is 0 Å². The van der Waals surface area contributed by atoms with E-state index in [0.29, 0.717) is 5.56 Å². The number of carbonyl (C=O) groups excluding carboxylic acids is 1. The molecule has 0 spiro atoms. The van der Waals surface area contributed by atoms with E-state index in [9.17, 15) is 4.79 Å². The lowest BCUT2D eigenvalue weighted by atomic mass is 9.95. The van der Waals surface area contributed by atoms with Crippen LogP contribution in [0.1, 0.15) is 32.6 Å². The fourth-order valence-electron chi connectivity index (χ4n) is 3.01. The zero-order valence-corrected chi connectivity index (χ0v) is 16.1. The van der Waals surface area contributed by atoms with Crippen molar-refractivity contribution in [1.29, 1.82) is 0 Å². The van der Waals surface area contributed by atoms with Crippen LogP contribution in [0.4, 0.5) is 0 Å². The molecule has 130 valence electrons. The van der Waals surface area contributed by atoms with Crippen LogP contribution in [-0.2, 0) is 0 Å². The summed E-state index contributed by atoms with van der Waals surface area (Å²) in [5.74, 6) is 0. The number of rotatable bonds is 5. The summed E-state index contributed by atoms with van der Waals surface area (Å²) in [5, 5.41) is 0. The molecule has 26 heavy (non-hydrogen) atoms. The summed E-state index contributed by atoms with van der Waals surface area (Å²) in [6.45, 7) is 4.22. The zero-order valence-electron chi connectivity index (χ0n) is 15.3. The van der Waals surface area contributed by atoms with Crippen LogP contribution in [0.15, 0.2) is 65.6 Å². The SMILES string of the molecule is CSc1ccc(-c2cccc(/C=C/c3cc(C=O)ccc3C)c2C)cc1. The molecule has 0 unspecified atom stereocenters. The molecule has 0 aliphatic heterocycles. The number of hydrogen-bond acceptors (Lipinski definition) is 2. The normalized spacial score (nSPS) is 11.0. The van der Waals surface area contributed by atoms with Gasteiger partial charge < -0.3 is 0 Å². The number of thioether (sulfide) groups is 1. The van der Waals surface area contributed by atoms with Crippen LogP contribution >= 0.6 is 11.8 Å². The Kier molecular flexibility index (Phi) is 5.75. The van der Waals surface area contributed by atoms with E-state index in [1.165, 1.54) is 27.1 Å². The van der Waals surface area contributed by atoms with Gasteiger partial charge in [0.05, 0.1) is 0 Å². The van der Waals surface area contributed by atoms with E-state index in [1.54, 1.807) is 11.8 Å². The minimum absolute atomic E-state index is 0.703.